The van der Waals surface area contributed by atoms with Crippen molar-refractivity contribution in [1.29, 1.82) is 0 Å². The van der Waals surface area contributed by atoms with Gasteiger partial charge in [0.25, 0.3) is 5.56 Å². The summed E-state index contributed by atoms with van der Waals surface area (Å²) in [6, 6.07) is 8.82. The molecule has 108 valence electrons. The van der Waals surface area contributed by atoms with Crippen LogP contribution in [0.5, 0.6) is 0 Å². The largest absolute Gasteiger partial charge is 0.389 e. The molecule has 21 heavy (non-hydrogen) atoms. The molecule has 0 radical (unpaired) electrons. The number of benzene rings is 1. The summed E-state index contributed by atoms with van der Waals surface area (Å²) in [5.41, 5.74) is 5.18. The maximum atomic E-state index is 13.4. The van der Waals surface area contributed by atoms with Crippen LogP contribution < -0.4 is 16.6 Å². The van der Waals surface area contributed by atoms with E-state index >= 15 is 0 Å². The van der Waals surface area contributed by atoms with Crippen LogP contribution in [0.15, 0.2) is 47.4 Å². The summed E-state index contributed by atoms with van der Waals surface area (Å²) in [5.74, 6) is -1.07. The second kappa shape index (κ2) is 6.27. The quantitative estimate of drug-likeness (QED) is 0.834. The number of carbonyl (C=O) groups excluding carboxylic acids is 1. The molecular weight excluding hydrogens is 293 g/mol. The van der Waals surface area contributed by atoms with E-state index in [9.17, 15) is 14.0 Å². The number of anilines is 1. The molecule has 1 heterocycles. The predicted octanol–water partition coefficient (Wildman–Crippen LogP) is 1.26. The number of nitrogens with zero attached hydrogens (tertiary/aromatic N) is 1. The van der Waals surface area contributed by atoms with E-state index in [4.69, 9.17) is 18.0 Å². The molecule has 2 rings (SSSR count). The Kier molecular flexibility index (Phi) is 4.44. The number of pyridine rings is 1. The molecule has 0 saturated heterocycles. The molecule has 0 atom stereocenters. The Labute approximate surface area is 125 Å². The third kappa shape index (κ3) is 3.51. The van der Waals surface area contributed by atoms with Crippen LogP contribution in [0, 0.1) is 5.82 Å². The van der Waals surface area contributed by atoms with Crippen molar-refractivity contribution in [3.05, 3.63) is 64.3 Å². The molecule has 2 aromatic rings. The van der Waals surface area contributed by atoms with Crippen molar-refractivity contribution >= 4 is 28.8 Å². The van der Waals surface area contributed by atoms with Gasteiger partial charge in [-0.3, -0.25) is 9.59 Å². The first-order chi connectivity index (χ1) is 9.99. The normalized spacial score (nSPS) is 10.1. The first-order valence-electron chi connectivity index (χ1n) is 6.02. The van der Waals surface area contributed by atoms with E-state index in [0.29, 0.717) is 0 Å². The first-order valence-corrected chi connectivity index (χ1v) is 6.43. The number of aromatic nitrogens is 1. The lowest BCUT2D eigenvalue weighted by molar-refractivity contribution is -0.116. The van der Waals surface area contributed by atoms with Crippen molar-refractivity contribution in [2.45, 2.75) is 6.54 Å². The van der Waals surface area contributed by atoms with Crippen LogP contribution in [-0.2, 0) is 11.3 Å². The van der Waals surface area contributed by atoms with E-state index in [2.05, 4.69) is 5.32 Å². The van der Waals surface area contributed by atoms with E-state index in [-0.39, 0.29) is 22.8 Å². The Hall–Kier alpha value is -2.54. The van der Waals surface area contributed by atoms with Gasteiger partial charge in [0.1, 0.15) is 17.4 Å². The average Bonchev–Trinajstić information content (AvgIpc) is 2.43. The summed E-state index contributed by atoms with van der Waals surface area (Å²) in [6.45, 7) is -0.260. The summed E-state index contributed by atoms with van der Waals surface area (Å²) in [5, 5.41) is 2.40. The van der Waals surface area contributed by atoms with Crippen LogP contribution in [0.4, 0.5) is 10.1 Å². The minimum Gasteiger partial charge on any atom is -0.389 e. The fraction of sp³-hybridized carbons (Fsp3) is 0.0714. The van der Waals surface area contributed by atoms with Crippen LogP contribution in [0.25, 0.3) is 0 Å². The molecule has 0 bridgehead atoms. The van der Waals surface area contributed by atoms with Gasteiger partial charge in [0.15, 0.2) is 0 Å². The van der Waals surface area contributed by atoms with Gasteiger partial charge in [-0.15, -0.1) is 0 Å². The lowest BCUT2D eigenvalue weighted by atomic mass is 10.2. The molecule has 3 N–H and O–H groups in total. The molecule has 0 aliphatic heterocycles. The van der Waals surface area contributed by atoms with Crippen LogP contribution in [-0.4, -0.2) is 15.5 Å². The molecule has 0 saturated carbocycles. The van der Waals surface area contributed by atoms with Gasteiger partial charge in [0.2, 0.25) is 5.91 Å². The van der Waals surface area contributed by atoms with Gasteiger partial charge in [0, 0.05) is 6.20 Å². The fourth-order valence-electron chi connectivity index (χ4n) is 1.76. The number of rotatable bonds is 4. The summed E-state index contributed by atoms with van der Waals surface area (Å²) in [4.78, 5) is 23.8. The highest BCUT2D eigenvalue weighted by Crippen LogP contribution is 2.12. The van der Waals surface area contributed by atoms with E-state index in [1.807, 2.05) is 0 Å². The highest BCUT2D eigenvalue weighted by Gasteiger charge is 2.10. The van der Waals surface area contributed by atoms with Gasteiger partial charge in [-0.1, -0.05) is 24.4 Å². The van der Waals surface area contributed by atoms with E-state index in [1.165, 1.54) is 30.5 Å². The van der Waals surface area contributed by atoms with Crippen molar-refractivity contribution in [3.8, 4) is 0 Å². The summed E-state index contributed by atoms with van der Waals surface area (Å²) >= 11 is 4.76. The van der Waals surface area contributed by atoms with Crippen LogP contribution in [0.1, 0.15) is 5.56 Å². The number of carbonyl (C=O) groups is 1. The van der Waals surface area contributed by atoms with Crippen molar-refractivity contribution in [1.82, 2.24) is 4.57 Å². The summed E-state index contributed by atoms with van der Waals surface area (Å²) in [6.07, 6.45) is 1.44. The van der Waals surface area contributed by atoms with Crippen LogP contribution in [0.3, 0.4) is 0 Å². The van der Waals surface area contributed by atoms with Gasteiger partial charge < -0.3 is 15.6 Å². The first kappa shape index (κ1) is 14.9. The lowest BCUT2D eigenvalue weighted by Gasteiger charge is -2.09. The summed E-state index contributed by atoms with van der Waals surface area (Å²) < 4.78 is 14.6. The van der Waals surface area contributed by atoms with Gasteiger partial charge in [-0.25, -0.2) is 4.39 Å². The van der Waals surface area contributed by atoms with Crippen molar-refractivity contribution < 1.29 is 9.18 Å². The fourth-order valence-corrected chi connectivity index (χ4v) is 1.91. The molecule has 0 fully saturated rings. The third-order valence-corrected chi connectivity index (χ3v) is 2.97. The topological polar surface area (TPSA) is 77.1 Å². The zero-order chi connectivity index (χ0) is 15.4. The number of thiocarbonyl (C=S) groups is 1. The molecule has 0 aliphatic rings. The zero-order valence-corrected chi connectivity index (χ0v) is 11.7. The number of amides is 1. The molecule has 1 aromatic heterocycles. The number of para-hydroxylation sites is 1. The maximum absolute atomic E-state index is 13.4. The Balaban J connectivity index is 2.18. The molecular formula is C14H12FN3O2S. The Bertz CT molecular complexity index is 758. The summed E-state index contributed by atoms with van der Waals surface area (Å²) in [7, 11) is 0. The van der Waals surface area contributed by atoms with Crippen LogP contribution >= 0.6 is 12.2 Å². The second-order valence-corrected chi connectivity index (χ2v) is 4.69. The molecule has 5 nitrogen and oxygen atoms in total. The van der Waals surface area contributed by atoms with Gasteiger partial charge in [0.05, 0.1) is 11.3 Å². The number of nitrogens with one attached hydrogen (secondary N) is 1. The Morgan fingerprint density at radius 1 is 1.29 bits per heavy atom. The molecule has 0 spiro atoms. The number of hydrogen-bond acceptors (Lipinski definition) is 3. The standard InChI is InChI=1S/C14H12FN3O2S/c15-10-5-1-2-6-11(10)17-12(19)8-18-7-3-4-9(13(16)21)14(18)20/h1-7H,8H2,(H2,16,21)(H,17,19). The van der Waals surface area contributed by atoms with Crippen molar-refractivity contribution in [3.63, 3.8) is 0 Å². The third-order valence-electron chi connectivity index (χ3n) is 2.75. The van der Waals surface area contributed by atoms with Crippen molar-refractivity contribution in [2.24, 2.45) is 5.73 Å². The minimum absolute atomic E-state index is 0.0381. The Morgan fingerprint density at radius 2 is 2.00 bits per heavy atom. The van der Waals surface area contributed by atoms with Crippen molar-refractivity contribution in [2.75, 3.05) is 5.32 Å². The predicted molar refractivity (Wildman–Crippen MR) is 81.6 cm³/mol. The maximum Gasteiger partial charge on any atom is 0.261 e. The van der Waals surface area contributed by atoms with Gasteiger partial charge >= 0.3 is 0 Å². The highest BCUT2D eigenvalue weighted by atomic mass is 32.1. The zero-order valence-electron chi connectivity index (χ0n) is 10.9. The smallest absolute Gasteiger partial charge is 0.261 e. The monoisotopic (exact) mass is 305 g/mol. The van der Waals surface area contributed by atoms with E-state index in [1.54, 1.807) is 12.1 Å². The van der Waals surface area contributed by atoms with Crippen LogP contribution in [0.2, 0.25) is 0 Å². The average molecular weight is 305 g/mol. The van der Waals surface area contributed by atoms with E-state index < -0.39 is 17.3 Å². The lowest BCUT2D eigenvalue weighted by Crippen LogP contribution is -2.32. The molecule has 1 amide bonds. The van der Waals surface area contributed by atoms with Gasteiger partial charge in [-0.05, 0) is 24.3 Å². The minimum atomic E-state index is -0.546. The SMILES string of the molecule is NC(=S)c1cccn(CC(=O)Nc2ccccc2F)c1=O. The molecule has 0 unspecified atom stereocenters. The van der Waals surface area contributed by atoms with E-state index in [0.717, 1.165) is 4.57 Å². The number of halogens is 1. The molecule has 1 aromatic carbocycles. The molecule has 7 heteroatoms. The Morgan fingerprint density at radius 3 is 2.67 bits per heavy atom. The number of hydrogen-bond donors (Lipinski definition) is 2. The number of nitrogens with two attached hydrogens (primary N) is 1. The highest BCUT2D eigenvalue weighted by molar-refractivity contribution is 7.80. The van der Waals surface area contributed by atoms with Gasteiger partial charge in [-0.2, -0.15) is 0 Å². The second-order valence-electron chi connectivity index (χ2n) is 4.25. The molecule has 0 aliphatic carbocycles.